The van der Waals surface area contributed by atoms with Crippen molar-refractivity contribution in [2.75, 3.05) is 0 Å². The van der Waals surface area contributed by atoms with Crippen molar-refractivity contribution in [3.8, 4) is 0 Å². The molecular weight excluding hydrogens is 304 g/mol. The first-order valence-corrected chi connectivity index (χ1v) is 7.00. The molecule has 0 amide bonds. The van der Waals surface area contributed by atoms with Gasteiger partial charge in [-0.05, 0) is 34.6 Å². The van der Waals surface area contributed by atoms with Gasteiger partial charge in [-0.2, -0.15) is 0 Å². The van der Waals surface area contributed by atoms with Crippen molar-refractivity contribution < 1.29 is 0 Å². The predicted octanol–water partition coefficient (Wildman–Crippen LogP) is 5.92. The Hall–Kier alpha value is 0.440. The van der Waals surface area contributed by atoms with Gasteiger partial charge in [0.25, 0.3) is 0 Å². The lowest BCUT2D eigenvalue weighted by Crippen LogP contribution is -1.75. The van der Waals surface area contributed by atoms with Gasteiger partial charge in [-0.15, -0.1) is 0 Å². The summed E-state index contributed by atoms with van der Waals surface area (Å²) in [6.07, 6.45) is 11.7. The highest BCUT2D eigenvalue weighted by Gasteiger charge is 1.92. The molecule has 2 heteroatoms. The maximum absolute atomic E-state index is 3.57. The molecule has 0 radical (unpaired) electrons. The van der Waals surface area contributed by atoms with E-state index in [2.05, 4.69) is 57.9 Å². The molecule has 0 aromatic rings. The van der Waals surface area contributed by atoms with E-state index in [0.717, 1.165) is 12.8 Å². The first-order chi connectivity index (χ1) is 6.70. The van der Waals surface area contributed by atoms with E-state index in [1.54, 1.807) is 0 Å². The quantitative estimate of drug-likeness (QED) is 0.510. The molecule has 0 aromatic carbocycles. The fraction of sp³-hybridized carbons (Fsp3) is 0.667. The third-order valence-corrected chi connectivity index (χ3v) is 3.31. The molecule has 0 saturated heterocycles. The number of hydrogen-bond acceptors (Lipinski definition) is 0. The molecule has 0 aromatic heterocycles. The number of hydrogen-bond donors (Lipinski definition) is 0. The lowest BCUT2D eigenvalue weighted by Gasteiger charge is -1.97. The Morgan fingerprint density at radius 3 is 1.50 bits per heavy atom. The van der Waals surface area contributed by atoms with E-state index in [4.69, 9.17) is 0 Å². The summed E-state index contributed by atoms with van der Waals surface area (Å²) < 4.78 is 2.60. The van der Waals surface area contributed by atoms with Crippen molar-refractivity contribution in [1.82, 2.24) is 0 Å². The average molecular weight is 324 g/mol. The second-order valence-corrected chi connectivity index (χ2v) is 5.47. The van der Waals surface area contributed by atoms with E-state index in [1.807, 2.05) is 0 Å². The highest BCUT2D eigenvalue weighted by Crippen LogP contribution is 2.18. The van der Waals surface area contributed by atoms with Crippen molar-refractivity contribution >= 4 is 31.9 Å². The zero-order valence-corrected chi connectivity index (χ0v) is 12.3. The van der Waals surface area contributed by atoms with Crippen LogP contribution < -0.4 is 0 Å². The molecule has 0 unspecified atom stereocenters. The van der Waals surface area contributed by atoms with Gasteiger partial charge < -0.3 is 0 Å². The van der Waals surface area contributed by atoms with Gasteiger partial charge in [-0.1, -0.05) is 70.7 Å². The number of allylic oxidation sites excluding steroid dienone is 4. The summed E-state index contributed by atoms with van der Waals surface area (Å²) in [5.74, 6) is 0. The van der Waals surface area contributed by atoms with Crippen LogP contribution in [-0.2, 0) is 0 Å². The highest BCUT2D eigenvalue weighted by molar-refractivity contribution is 9.12. The molecule has 0 saturated carbocycles. The number of rotatable bonds is 7. The minimum absolute atomic E-state index is 1.15. The minimum Gasteiger partial charge on any atom is -0.0654 e. The third-order valence-electron chi connectivity index (χ3n) is 1.98. The van der Waals surface area contributed by atoms with Gasteiger partial charge in [-0.3, -0.25) is 0 Å². The zero-order chi connectivity index (χ0) is 10.8. The van der Waals surface area contributed by atoms with Crippen LogP contribution in [0.4, 0.5) is 0 Å². The smallest absolute Gasteiger partial charge is 0.00491 e. The molecule has 0 aliphatic carbocycles. The van der Waals surface area contributed by atoms with Crippen LogP contribution in [0, 0.1) is 0 Å². The molecule has 0 atom stereocenters. The van der Waals surface area contributed by atoms with Gasteiger partial charge in [0.2, 0.25) is 0 Å². The topological polar surface area (TPSA) is 0 Å². The summed E-state index contributed by atoms with van der Waals surface area (Å²) in [7, 11) is 0. The molecular formula is C12H20Br2. The van der Waals surface area contributed by atoms with Crippen LogP contribution in [0.5, 0.6) is 0 Å². The predicted molar refractivity (Wildman–Crippen MR) is 73.1 cm³/mol. The fourth-order valence-electron chi connectivity index (χ4n) is 1.04. The largest absolute Gasteiger partial charge is 0.0654 e. The van der Waals surface area contributed by atoms with Crippen molar-refractivity contribution in [3.63, 3.8) is 0 Å². The molecule has 0 aliphatic rings. The second kappa shape index (κ2) is 9.97. The molecule has 14 heavy (non-hydrogen) atoms. The Bertz CT molecular complexity index is 170. The first-order valence-electron chi connectivity index (χ1n) is 5.41. The lowest BCUT2D eigenvalue weighted by molar-refractivity contribution is 0.807. The van der Waals surface area contributed by atoms with Gasteiger partial charge in [0.1, 0.15) is 0 Å². The zero-order valence-electron chi connectivity index (χ0n) is 9.15. The van der Waals surface area contributed by atoms with Crippen LogP contribution in [0.1, 0.15) is 52.4 Å². The van der Waals surface area contributed by atoms with Crippen LogP contribution in [0.15, 0.2) is 21.1 Å². The van der Waals surface area contributed by atoms with Crippen LogP contribution in [-0.4, -0.2) is 0 Å². The van der Waals surface area contributed by atoms with Gasteiger partial charge in [0.15, 0.2) is 0 Å². The Morgan fingerprint density at radius 1 is 0.857 bits per heavy atom. The van der Waals surface area contributed by atoms with E-state index in [1.165, 1.54) is 34.6 Å². The van der Waals surface area contributed by atoms with E-state index in [9.17, 15) is 0 Å². The molecule has 0 nitrogen and oxygen atoms in total. The molecule has 0 bridgehead atoms. The molecule has 82 valence electrons. The van der Waals surface area contributed by atoms with Crippen LogP contribution >= 0.6 is 31.9 Å². The summed E-state index contributed by atoms with van der Waals surface area (Å²) in [4.78, 5) is 0. The van der Waals surface area contributed by atoms with Crippen molar-refractivity contribution in [2.45, 2.75) is 52.4 Å². The van der Waals surface area contributed by atoms with Crippen molar-refractivity contribution in [1.29, 1.82) is 0 Å². The maximum Gasteiger partial charge on any atom is -0.00491 e. The first kappa shape index (κ1) is 14.4. The normalized spacial score (nSPS) is 13.4. The monoisotopic (exact) mass is 322 g/mol. The summed E-state index contributed by atoms with van der Waals surface area (Å²) in [6, 6.07) is 0. The Balaban J connectivity index is 3.84. The second-order valence-electron chi connectivity index (χ2n) is 3.43. The number of halogens is 2. The molecule has 0 spiro atoms. The Labute approximate surface area is 105 Å². The van der Waals surface area contributed by atoms with E-state index in [0.29, 0.717) is 0 Å². The van der Waals surface area contributed by atoms with Gasteiger partial charge in [0.05, 0.1) is 0 Å². The van der Waals surface area contributed by atoms with Crippen LogP contribution in [0.25, 0.3) is 0 Å². The molecule has 0 N–H and O–H groups in total. The highest BCUT2D eigenvalue weighted by atomic mass is 79.9. The summed E-state index contributed by atoms with van der Waals surface area (Å²) >= 11 is 7.14. The molecule has 0 aliphatic heterocycles. The van der Waals surface area contributed by atoms with E-state index in [-0.39, 0.29) is 0 Å². The molecule has 0 rings (SSSR count). The standard InChI is InChI=1S/C12H20Br2/c1-3-5-7-11(13)9-10-12(14)8-6-4-2/h9-10H,3-8H2,1-2H3/b11-9-,12-10-. The molecule has 0 fully saturated rings. The van der Waals surface area contributed by atoms with Gasteiger partial charge in [-0.25, -0.2) is 0 Å². The summed E-state index contributed by atoms with van der Waals surface area (Å²) in [6.45, 7) is 4.43. The van der Waals surface area contributed by atoms with E-state index >= 15 is 0 Å². The van der Waals surface area contributed by atoms with Crippen molar-refractivity contribution in [2.24, 2.45) is 0 Å². The third kappa shape index (κ3) is 9.01. The van der Waals surface area contributed by atoms with E-state index < -0.39 is 0 Å². The summed E-state index contributed by atoms with van der Waals surface area (Å²) in [5.41, 5.74) is 0. The van der Waals surface area contributed by atoms with Gasteiger partial charge >= 0.3 is 0 Å². The van der Waals surface area contributed by atoms with Gasteiger partial charge in [0, 0.05) is 0 Å². The summed E-state index contributed by atoms with van der Waals surface area (Å²) in [5, 5.41) is 0. The van der Waals surface area contributed by atoms with Crippen LogP contribution in [0.2, 0.25) is 0 Å². The van der Waals surface area contributed by atoms with Crippen LogP contribution in [0.3, 0.4) is 0 Å². The fourth-order valence-corrected chi connectivity index (χ4v) is 1.86. The number of unbranched alkanes of at least 4 members (excludes halogenated alkanes) is 2. The Morgan fingerprint density at radius 2 is 1.21 bits per heavy atom. The maximum atomic E-state index is 3.57. The SMILES string of the molecule is CCCC/C(Br)=C/C=C(\Br)CCCC. The Kier molecular flexibility index (Phi) is 10.3. The van der Waals surface area contributed by atoms with Crippen molar-refractivity contribution in [3.05, 3.63) is 21.1 Å². The average Bonchev–Trinajstić information content (AvgIpc) is 2.20. The molecule has 0 heterocycles. The minimum atomic E-state index is 1.15. The lowest BCUT2D eigenvalue weighted by atomic mass is 10.2.